The first kappa shape index (κ1) is 20.4. The zero-order valence-corrected chi connectivity index (χ0v) is 17.2. The number of urea groups is 1. The van der Waals surface area contributed by atoms with Crippen molar-refractivity contribution in [3.05, 3.63) is 0 Å². The minimum Gasteiger partial charge on any atom is -0.369 e. The van der Waals surface area contributed by atoms with Crippen LogP contribution in [0.5, 0.6) is 0 Å². The van der Waals surface area contributed by atoms with Crippen molar-refractivity contribution < 1.29 is 9.59 Å². The molecule has 2 aliphatic heterocycles. The minimum atomic E-state index is -0.255. The van der Waals surface area contributed by atoms with Crippen LogP contribution in [-0.4, -0.2) is 60.5 Å². The number of nitrogens with zero attached hydrogens (tertiary/aromatic N) is 2. The zero-order chi connectivity index (χ0) is 19.4. The molecule has 3 rings (SSSR count). The van der Waals surface area contributed by atoms with Gasteiger partial charge < -0.3 is 20.9 Å². The second kappa shape index (κ2) is 8.80. The van der Waals surface area contributed by atoms with Crippen LogP contribution in [0.2, 0.25) is 0 Å². The third-order valence-electron chi connectivity index (χ3n) is 6.92. The zero-order valence-electron chi connectivity index (χ0n) is 17.2. The number of rotatable bonds is 7. The van der Waals surface area contributed by atoms with Crippen LogP contribution in [0.1, 0.15) is 65.2 Å². The van der Waals surface area contributed by atoms with Gasteiger partial charge in [0.05, 0.1) is 5.41 Å². The molecule has 0 aromatic carbocycles. The van der Waals surface area contributed by atoms with Crippen LogP contribution in [0.15, 0.2) is 0 Å². The van der Waals surface area contributed by atoms with Crippen molar-refractivity contribution in [3.63, 3.8) is 0 Å². The fraction of sp³-hybridized carbons (Fsp3) is 0.905. The Labute approximate surface area is 164 Å². The maximum Gasteiger partial charge on any atom is 0.317 e. The van der Waals surface area contributed by atoms with Crippen molar-refractivity contribution in [2.75, 3.05) is 32.7 Å². The van der Waals surface area contributed by atoms with Crippen LogP contribution < -0.4 is 11.1 Å². The predicted molar refractivity (Wildman–Crippen MR) is 107 cm³/mol. The second-order valence-corrected chi connectivity index (χ2v) is 9.46. The topological polar surface area (TPSA) is 78.7 Å². The van der Waals surface area contributed by atoms with Gasteiger partial charge in [-0.15, -0.1) is 0 Å². The molecule has 154 valence electrons. The van der Waals surface area contributed by atoms with Crippen LogP contribution in [-0.2, 0) is 4.79 Å². The first-order valence-electron chi connectivity index (χ1n) is 11.0. The van der Waals surface area contributed by atoms with Crippen LogP contribution in [0.4, 0.5) is 4.79 Å². The summed E-state index contributed by atoms with van der Waals surface area (Å²) in [5.41, 5.74) is 5.55. The van der Waals surface area contributed by atoms with Gasteiger partial charge in [0.1, 0.15) is 0 Å². The molecule has 0 spiro atoms. The third-order valence-corrected chi connectivity index (χ3v) is 6.92. The van der Waals surface area contributed by atoms with E-state index < -0.39 is 0 Å². The Balaban J connectivity index is 1.41. The number of piperidine rings is 2. The molecule has 0 aromatic heterocycles. The maximum absolute atomic E-state index is 12.3. The van der Waals surface area contributed by atoms with Crippen LogP contribution >= 0.6 is 0 Å². The molecule has 3 amide bonds. The van der Waals surface area contributed by atoms with Crippen molar-refractivity contribution in [2.45, 2.75) is 71.3 Å². The van der Waals surface area contributed by atoms with Gasteiger partial charge in [0, 0.05) is 25.7 Å². The summed E-state index contributed by atoms with van der Waals surface area (Å²) >= 11 is 0. The van der Waals surface area contributed by atoms with Crippen molar-refractivity contribution >= 4 is 11.9 Å². The standard InChI is InChI=1S/C21H38N4O2/c1-16(2)5-10-23-20(27)25-11-6-18(7-12-25)24-13-8-21(9-14-24,19(22)26)15-17-3-4-17/h16-18H,3-15H2,1-2H3,(H2,22,26)(H,23,27). The lowest BCUT2D eigenvalue weighted by atomic mass is 9.73. The van der Waals surface area contributed by atoms with Crippen LogP contribution in [0, 0.1) is 17.3 Å². The Morgan fingerprint density at radius 2 is 1.70 bits per heavy atom. The van der Waals surface area contributed by atoms with Gasteiger partial charge in [-0.3, -0.25) is 4.79 Å². The lowest BCUT2D eigenvalue weighted by Crippen LogP contribution is -2.54. The molecule has 27 heavy (non-hydrogen) atoms. The van der Waals surface area contributed by atoms with E-state index in [1.54, 1.807) is 0 Å². The summed E-state index contributed by atoms with van der Waals surface area (Å²) < 4.78 is 0. The number of amides is 3. The predicted octanol–water partition coefficient (Wildman–Crippen LogP) is 2.57. The molecule has 3 fully saturated rings. The number of hydrogen-bond acceptors (Lipinski definition) is 3. The largest absolute Gasteiger partial charge is 0.369 e. The van der Waals surface area contributed by atoms with Gasteiger partial charge >= 0.3 is 6.03 Å². The highest BCUT2D eigenvalue weighted by atomic mass is 16.2. The van der Waals surface area contributed by atoms with Gasteiger partial charge in [0.2, 0.25) is 5.91 Å². The molecule has 2 saturated heterocycles. The second-order valence-electron chi connectivity index (χ2n) is 9.46. The Bertz CT molecular complexity index is 516. The molecule has 0 aromatic rings. The summed E-state index contributed by atoms with van der Waals surface area (Å²) in [7, 11) is 0. The van der Waals surface area contributed by atoms with E-state index in [1.165, 1.54) is 12.8 Å². The molecule has 0 atom stereocenters. The lowest BCUT2D eigenvalue weighted by Gasteiger charge is -2.45. The molecule has 1 saturated carbocycles. The van der Waals surface area contributed by atoms with Gasteiger partial charge in [-0.2, -0.15) is 0 Å². The highest BCUT2D eigenvalue weighted by molar-refractivity contribution is 5.81. The highest BCUT2D eigenvalue weighted by Gasteiger charge is 2.44. The Kier molecular flexibility index (Phi) is 6.66. The van der Waals surface area contributed by atoms with Crippen LogP contribution in [0.25, 0.3) is 0 Å². The number of primary amides is 1. The Morgan fingerprint density at radius 3 is 2.22 bits per heavy atom. The number of carbonyl (C=O) groups is 2. The normalized spacial score (nSPS) is 24.2. The van der Waals surface area contributed by atoms with Crippen molar-refractivity contribution in [1.82, 2.24) is 15.1 Å². The number of nitrogens with two attached hydrogens (primary N) is 1. The summed E-state index contributed by atoms with van der Waals surface area (Å²) in [6.45, 7) is 8.72. The molecule has 0 unspecified atom stereocenters. The van der Waals surface area contributed by atoms with E-state index in [-0.39, 0.29) is 17.4 Å². The van der Waals surface area contributed by atoms with E-state index in [9.17, 15) is 9.59 Å². The number of likely N-dealkylation sites (tertiary alicyclic amines) is 2. The van der Waals surface area contributed by atoms with Gasteiger partial charge in [-0.25, -0.2) is 4.79 Å². The molecule has 6 nitrogen and oxygen atoms in total. The SMILES string of the molecule is CC(C)CCNC(=O)N1CCC(N2CCC(CC3CC3)(C(N)=O)CC2)CC1. The summed E-state index contributed by atoms with van der Waals surface area (Å²) in [5.74, 6) is 1.27. The van der Waals surface area contributed by atoms with Crippen molar-refractivity contribution in [1.29, 1.82) is 0 Å². The van der Waals surface area contributed by atoms with E-state index in [1.807, 2.05) is 4.90 Å². The Hall–Kier alpha value is -1.30. The van der Waals surface area contributed by atoms with E-state index in [0.29, 0.717) is 12.0 Å². The van der Waals surface area contributed by atoms with Gasteiger partial charge in [0.15, 0.2) is 0 Å². The Morgan fingerprint density at radius 1 is 1.07 bits per heavy atom. The van der Waals surface area contributed by atoms with Gasteiger partial charge in [-0.1, -0.05) is 26.7 Å². The first-order chi connectivity index (χ1) is 12.9. The molecular formula is C21H38N4O2. The average Bonchev–Trinajstić information content (AvgIpc) is 3.46. The first-order valence-corrected chi connectivity index (χ1v) is 11.0. The summed E-state index contributed by atoms with van der Waals surface area (Å²) in [5, 5.41) is 3.05. The smallest absolute Gasteiger partial charge is 0.317 e. The monoisotopic (exact) mass is 378 g/mol. The summed E-state index contributed by atoms with van der Waals surface area (Å²) in [4.78, 5) is 28.9. The molecule has 1 aliphatic carbocycles. The number of hydrogen-bond donors (Lipinski definition) is 2. The van der Waals surface area contributed by atoms with Crippen LogP contribution in [0.3, 0.4) is 0 Å². The lowest BCUT2D eigenvalue weighted by molar-refractivity contribution is -0.132. The molecule has 3 aliphatic rings. The molecule has 2 heterocycles. The minimum absolute atomic E-state index is 0.0815. The fourth-order valence-electron chi connectivity index (χ4n) is 4.76. The van der Waals surface area contributed by atoms with Gasteiger partial charge in [0.25, 0.3) is 0 Å². The number of carbonyl (C=O) groups excluding carboxylic acids is 2. The van der Waals surface area contributed by atoms with E-state index in [2.05, 4.69) is 24.1 Å². The maximum atomic E-state index is 12.3. The average molecular weight is 379 g/mol. The summed E-state index contributed by atoms with van der Waals surface area (Å²) in [6.07, 6.45) is 8.47. The van der Waals surface area contributed by atoms with E-state index in [4.69, 9.17) is 5.73 Å². The van der Waals surface area contributed by atoms with E-state index in [0.717, 1.165) is 77.2 Å². The van der Waals surface area contributed by atoms with Crippen molar-refractivity contribution in [2.24, 2.45) is 23.0 Å². The summed E-state index contributed by atoms with van der Waals surface area (Å²) in [6, 6.07) is 0.626. The molecule has 0 bridgehead atoms. The van der Waals surface area contributed by atoms with E-state index >= 15 is 0 Å². The molecule has 6 heteroatoms. The van der Waals surface area contributed by atoms with Crippen molar-refractivity contribution in [3.8, 4) is 0 Å². The highest BCUT2D eigenvalue weighted by Crippen LogP contribution is 2.46. The quantitative estimate of drug-likeness (QED) is 0.715. The molecule has 3 N–H and O–H groups in total. The third kappa shape index (κ3) is 5.37. The van der Waals surface area contributed by atoms with Gasteiger partial charge in [-0.05, 0) is 63.5 Å². The fourth-order valence-corrected chi connectivity index (χ4v) is 4.76. The molecule has 0 radical (unpaired) electrons. The molecular weight excluding hydrogens is 340 g/mol. The number of nitrogens with one attached hydrogen (secondary N) is 1.